The topological polar surface area (TPSA) is 38.0 Å². The van der Waals surface area contributed by atoms with Crippen LogP contribution in [0.5, 0.6) is 0 Å². The van der Waals surface area contributed by atoms with Crippen molar-refractivity contribution in [3.8, 4) is 0 Å². The van der Waals surface area contributed by atoms with Gasteiger partial charge >= 0.3 is 0 Å². The molecule has 0 saturated heterocycles. The highest BCUT2D eigenvalue weighted by Gasteiger charge is 2.16. The van der Waals surface area contributed by atoms with Crippen LogP contribution in [-0.4, -0.2) is 6.54 Å². The maximum atomic E-state index is 6.01. The molecule has 1 atom stereocenters. The van der Waals surface area contributed by atoms with Crippen molar-refractivity contribution >= 4 is 11.3 Å². The number of rotatable bonds is 1. The number of hydrogen-bond donors (Lipinski definition) is 2. The van der Waals surface area contributed by atoms with Gasteiger partial charge in [-0.3, -0.25) is 5.32 Å². The van der Waals surface area contributed by atoms with E-state index in [-0.39, 0.29) is 6.17 Å². The highest BCUT2D eigenvalue weighted by Crippen LogP contribution is 2.28. The second-order valence-corrected chi connectivity index (χ2v) is 4.70. The van der Waals surface area contributed by atoms with Crippen molar-refractivity contribution in [3.05, 3.63) is 21.4 Å². The van der Waals surface area contributed by atoms with Gasteiger partial charge in [-0.05, 0) is 37.4 Å². The zero-order chi connectivity index (χ0) is 9.26. The SMILES string of the molecule is CCc1cc2c(s1)CCCNC2N. The Labute approximate surface area is 83.1 Å². The molecule has 0 saturated carbocycles. The largest absolute Gasteiger partial charge is 0.312 e. The molecule has 2 heterocycles. The minimum absolute atomic E-state index is 0.0639. The third-order valence-corrected chi connectivity index (χ3v) is 3.88. The summed E-state index contributed by atoms with van der Waals surface area (Å²) in [5.74, 6) is 0. The minimum Gasteiger partial charge on any atom is -0.312 e. The van der Waals surface area contributed by atoms with Crippen LogP contribution in [0.1, 0.15) is 34.8 Å². The van der Waals surface area contributed by atoms with Crippen LogP contribution in [0.3, 0.4) is 0 Å². The second kappa shape index (κ2) is 3.78. The van der Waals surface area contributed by atoms with Crippen LogP contribution < -0.4 is 11.1 Å². The van der Waals surface area contributed by atoms with Crippen LogP contribution in [-0.2, 0) is 12.8 Å². The van der Waals surface area contributed by atoms with E-state index >= 15 is 0 Å². The predicted molar refractivity (Wildman–Crippen MR) is 56.9 cm³/mol. The predicted octanol–water partition coefficient (Wildman–Crippen LogP) is 1.80. The molecule has 3 heteroatoms. The molecule has 0 bridgehead atoms. The van der Waals surface area contributed by atoms with Crippen LogP contribution in [0, 0.1) is 0 Å². The van der Waals surface area contributed by atoms with Crippen molar-refractivity contribution in [1.29, 1.82) is 0 Å². The summed E-state index contributed by atoms with van der Waals surface area (Å²) in [7, 11) is 0. The van der Waals surface area contributed by atoms with Crippen molar-refractivity contribution in [1.82, 2.24) is 5.32 Å². The van der Waals surface area contributed by atoms with Gasteiger partial charge in [-0.2, -0.15) is 0 Å². The van der Waals surface area contributed by atoms with E-state index in [2.05, 4.69) is 18.3 Å². The Kier molecular flexibility index (Phi) is 2.67. The van der Waals surface area contributed by atoms with Crippen molar-refractivity contribution in [2.75, 3.05) is 6.54 Å². The fourth-order valence-electron chi connectivity index (χ4n) is 1.75. The lowest BCUT2D eigenvalue weighted by Gasteiger charge is -2.09. The first-order valence-electron chi connectivity index (χ1n) is 4.91. The summed E-state index contributed by atoms with van der Waals surface area (Å²) in [6.45, 7) is 3.24. The smallest absolute Gasteiger partial charge is 0.0821 e. The van der Waals surface area contributed by atoms with E-state index in [0.29, 0.717) is 0 Å². The molecule has 0 fully saturated rings. The monoisotopic (exact) mass is 196 g/mol. The van der Waals surface area contributed by atoms with Gasteiger partial charge in [0.2, 0.25) is 0 Å². The third-order valence-electron chi connectivity index (χ3n) is 2.52. The Bertz CT molecular complexity index is 293. The van der Waals surface area contributed by atoms with E-state index in [1.807, 2.05) is 11.3 Å². The first-order valence-corrected chi connectivity index (χ1v) is 5.73. The summed E-state index contributed by atoms with van der Waals surface area (Å²) in [6, 6.07) is 2.27. The summed E-state index contributed by atoms with van der Waals surface area (Å²) in [5.41, 5.74) is 7.34. The molecule has 2 rings (SSSR count). The van der Waals surface area contributed by atoms with Gasteiger partial charge in [0.25, 0.3) is 0 Å². The van der Waals surface area contributed by atoms with E-state index in [1.54, 1.807) is 0 Å². The van der Waals surface area contributed by atoms with E-state index in [1.165, 1.54) is 28.2 Å². The third kappa shape index (κ3) is 1.77. The van der Waals surface area contributed by atoms with Crippen molar-refractivity contribution < 1.29 is 0 Å². The first-order chi connectivity index (χ1) is 6.31. The normalized spacial score (nSPS) is 22.5. The zero-order valence-electron chi connectivity index (χ0n) is 7.97. The summed E-state index contributed by atoms with van der Waals surface area (Å²) >= 11 is 1.93. The maximum Gasteiger partial charge on any atom is 0.0821 e. The number of aryl methyl sites for hydroxylation is 2. The summed E-state index contributed by atoms with van der Waals surface area (Å²) in [6.07, 6.45) is 3.60. The van der Waals surface area contributed by atoms with Gasteiger partial charge in [0.05, 0.1) is 6.17 Å². The lowest BCUT2D eigenvalue weighted by molar-refractivity contribution is 0.561. The van der Waals surface area contributed by atoms with Crippen LogP contribution in [0.4, 0.5) is 0 Å². The molecule has 0 radical (unpaired) electrons. The Hall–Kier alpha value is -0.380. The van der Waals surface area contributed by atoms with E-state index in [4.69, 9.17) is 5.73 Å². The molecule has 1 unspecified atom stereocenters. The Morgan fingerprint density at radius 2 is 2.54 bits per heavy atom. The summed E-state index contributed by atoms with van der Waals surface area (Å²) in [4.78, 5) is 2.96. The van der Waals surface area contributed by atoms with Gasteiger partial charge in [0, 0.05) is 9.75 Å². The van der Waals surface area contributed by atoms with Gasteiger partial charge in [0.15, 0.2) is 0 Å². The van der Waals surface area contributed by atoms with Gasteiger partial charge in [-0.1, -0.05) is 6.92 Å². The Morgan fingerprint density at radius 1 is 1.69 bits per heavy atom. The molecule has 0 amide bonds. The summed E-state index contributed by atoms with van der Waals surface area (Å²) in [5, 5.41) is 3.32. The second-order valence-electron chi connectivity index (χ2n) is 3.48. The Morgan fingerprint density at radius 3 is 3.31 bits per heavy atom. The number of hydrogen-bond acceptors (Lipinski definition) is 3. The van der Waals surface area contributed by atoms with Crippen molar-refractivity contribution in [3.63, 3.8) is 0 Å². The summed E-state index contributed by atoms with van der Waals surface area (Å²) < 4.78 is 0. The van der Waals surface area contributed by atoms with Crippen LogP contribution >= 0.6 is 11.3 Å². The van der Waals surface area contributed by atoms with E-state index < -0.39 is 0 Å². The molecule has 2 nitrogen and oxygen atoms in total. The molecular weight excluding hydrogens is 180 g/mol. The highest BCUT2D eigenvalue weighted by molar-refractivity contribution is 7.12. The van der Waals surface area contributed by atoms with Crippen molar-refractivity contribution in [2.24, 2.45) is 5.73 Å². The van der Waals surface area contributed by atoms with Crippen LogP contribution in [0.15, 0.2) is 6.07 Å². The molecule has 1 aliphatic rings. The molecule has 13 heavy (non-hydrogen) atoms. The molecule has 1 aliphatic heterocycles. The van der Waals surface area contributed by atoms with Gasteiger partial charge in [-0.15, -0.1) is 11.3 Å². The lowest BCUT2D eigenvalue weighted by atomic mass is 10.1. The molecule has 1 aromatic rings. The fraction of sp³-hybridized carbons (Fsp3) is 0.600. The van der Waals surface area contributed by atoms with E-state index in [0.717, 1.165) is 13.0 Å². The molecule has 1 aromatic heterocycles. The number of fused-ring (bicyclic) bond motifs is 1. The molecular formula is C10H16N2S. The molecule has 3 N–H and O–H groups in total. The quantitative estimate of drug-likeness (QED) is 0.719. The Balaban J connectivity index is 2.33. The van der Waals surface area contributed by atoms with Crippen LogP contribution in [0.2, 0.25) is 0 Å². The standard InChI is InChI=1S/C10H16N2S/c1-2-7-6-8-9(13-7)4-3-5-12-10(8)11/h6,10,12H,2-5,11H2,1H3. The van der Waals surface area contributed by atoms with Gasteiger partial charge in [-0.25, -0.2) is 0 Å². The fourth-order valence-corrected chi connectivity index (χ4v) is 2.95. The molecule has 0 aliphatic carbocycles. The molecule has 0 spiro atoms. The number of thiophene rings is 1. The van der Waals surface area contributed by atoms with Crippen LogP contribution in [0.25, 0.3) is 0 Å². The number of nitrogens with two attached hydrogens (primary N) is 1. The zero-order valence-corrected chi connectivity index (χ0v) is 8.79. The van der Waals surface area contributed by atoms with Gasteiger partial charge < -0.3 is 5.73 Å². The molecule has 72 valence electrons. The molecule has 0 aromatic carbocycles. The van der Waals surface area contributed by atoms with Crippen molar-refractivity contribution in [2.45, 2.75) is 32.4 Å². The van der Waals surface area contributed by atoms with Gasteiger partial charge in [0.1, 0.15) is 0 Å². The maximum absolute atomic E-state index is 6.01. The first kappa shape index (κ1) is 9.19. The highest BCUT2D eigenvalue weighted by atomic mass is 32.1. The lowest BCUT2D eigenvalue weighted by Crippen LogP contribution is -2.27. The minimum atomic E-state index is 0.0639. The number of nitrogens with one attached hydrogen (secondary N) is 1. The average Bonchev–Trinajstić information content (AvgIpc) is 2.48. The average molecular weight is 196 g/mol. The van der Waals surface area contributed by atoms with E-state index in [9.17, 15) is 0 Å².